The van der Waals surface area contributed by atoms with Gasteiger partial charge in [0.1, 0.15) is 6.04 Å². The fourth-order valence-electron chi connectivity index (χ4n) is 7.12. The average molecular weight is 548 g/mol. The topological polar surface area (TPSA) is 81.2 Å². The highest BCUT2D eigenvalue weighted by atomic mass is 32.2. The second-order valence-electron chi connectivity index (χ2n) is 12.9. The number of rotatable bonds is 12. The largest absolute Gasteiger partial charge is 0.394 e. The predicted molar refractivity (Wildman–Crippen MR) is 155 cm³/mol. The zero-order chi connectivity index (χ0) is 28.6. The van der Waals surface area contributed by atoms with Crippen LogP contribution >= 0.6 is 11.8 Å². The summed E-state index contributed by atoms with van der Waals surface area (Å²) in [5.74, 6) is -1.16. The monoisotopic (exact) mass is 547 g/mol. The second kappa shape index (κ2) is 11.4. The van der Waals surface area contributed by atoms with E-state index < -0.39 is 39.0 Å². The standard InChI is InChI=1S/C30H49N3O4S/c1-10-15-31(16-11-2)25(35)22-23-26(36)33(21(19-34)18-20(4)5)24(30(23)14-13-29(22,9)38-30)27(37)32(17-12-3)28(6,7)8/h10,12,20-24,34H,1,3,11,13-19H2,2,4-9H3/t21-,22+,23+,24?,29-,30?/m1/s1. The molecule has 3 amide bonds. The molecule has 0 aliphatic carbocycles. The van der Waals surface area contributed by atoms with Crippen LogP contribution in [0.5, 0.6) is 0 Å². The van der Waals surface area contributed by atoms with E-state index >= 15 is 0 Å². The van der Waals surface area contributed by atoms with Gasteiger partial charge in [-0.2, -0.15) is 0 Å². The van der Waals surface area contributed by atoms with Crippen LogP contribution in [0.25, 0.3) is 0 Å². The molecule has 8 heteroatoms. The molecule has 38 heavy (non-hydrogen) atoms. The Kier molecular flexibility index (Phi) is 9.19. The van der Waals surface area contributed by atoms with Crippen LogP contribution in [0.3, 0.4) is 0 Å². The Labute approximate surface area is 234 Å². The SMILES string of the molecule is C=CCN(CCC)C(=O)[C@@H]1[C@H]2C(=O)N([C@@H](CO)CC(C)C)C(C(=O)N(CC=C)C(C)(C)C)C23CC[C@@]1(C)S3. The van der Waals surface area contributed by atoms with Crippen molar-refractivity contribution in [3.63, 3.8) is 0 Å². The lowest BCUT2D eigenvalue weighted by Crippen LogP contribution is -2.60. The number of nitrogens with zero attached hydrogens (tertiary/aromatic N) is 3. The molecule has 0 aromatic carbocycles. The highest BCUT2D eigenvalue weighted by molar-refractivity contribution is 8.02. The van der Waals surface area contributed by atoms with Crippen LogP contribution in [0, 0.1) is 17.8 Å². The summed E-state index contributed by atoms with van der Waals surface area (Å²) < 4.78 is -1.13. The van der Waals surface area contributed by atoms with Crippen molar-refractivity contribution in [2.45, 2.75) is 101 Å². The summed E-state index contributed by atoms with van der Waals surface area (Å²) in [4.78, 5) is 48.5. The van der Waals surface area contributed by atoms with Gasteiger partial charge < -0.3 is 19.8 Å². The molecule has 0 radical (unpaired) electrons. The van der Waals surface area contributed by atoms with Crippen molar-refractivity contribution >= 4 is 29.5 Å². The fraction of sp³-hybridized carbons (Fsp3) is 0.767. The minimum atomic E-state index is -0.737. The molecule has 0 aromatic rings. The van der Waals surface area contributed by atoms with E-state index in [4.69, 9.17) is 0 Å². The summed E-state index contributed by atoms with van der Waals surface area (Å²) in [6.45, 7) is 23.2. The number of amides is 3. The predicted octanol–water partition coefficient (Wildman–Crippen LogP) is 4.11. The third-order valence-corrected chi connectivity index (χ3v) is 10.6. The Bertz CT molecular complexity index is 946. The zero-order valence-electron chi connectivity index (χ0n) is 24.5. The van der Waals surface area contributed by atoms with Crippen molar-refractivity contribution in [1.82, 2.24) is 14.7 Å². The summed E-state index contributed by atoms with van der Waals surface area (Å²) in [7, 11) is 0. The minimum absolute atomic E-state index is 0.0158. The highest BCUT2D eigenvalue weighted by Crippen LogP contribution is 2.72. The number of fused-ring (bicyclic) bond motifs is 1. The fourth-order valence-corrected chi connectivity index (χ4v) is 9.45. The Morgan fingerprint density at radius 3 is 2.32 bits per heavy atom. The van der Waals surface area contributed by atoms with Gasteiger partial charge in [0, 0.05) is 29.9 Å². The molecule has 2 bridgehead atoms. The van der Waals surface area contributed by atoms with Crippen LogP contribution in [0.4, 0.5) is 0 Å². The number of hydrogen-bond acceptors (Lipinski definition) is 5. The molecule has 3 fully saturated rings. The Hall–Kier alpha value is -1.80. The molecular formula is C30H49N3O4S. The van der Waals surface area contributed by atoms with Gasteiger partial charge in [-0.25, -0.2) is 0 Å². The van der Waals surface area contributed by atoms with Crippen LogP contribution in [0.15, 0.2) is 25.3 Å². The van der Waals surface area contributed by atoms with Crippen molar-refractivity contribution in [2.75, 3.05) is 26.2 Å². The van der Waals surface area contributed by atoms with Crippen LogP contribution in [0.1, 0.15) is 74.1 Å². The molecule has 0 aromatic heterocycles. The van der Waals surface area contributed by atoms with Gasteiger partial charge >= 0.3 is 0 Å². The number of thioether (sulfide) groups is 1. The van der Waals surface area contributed by atoms with Crippen LogP contribution < -0.4 is 0 Å². The average Bonchev–Trinajstić information content (AvgIpc) is 3.40. The first-order valence-electron chi connectivity index (χ1n) is 14.2. The zero-order valence-corrected chi connectivity index (χ0v) is 25.4. The molecule has 2 unspecified atom stereocenters. The lowest BCUT2D eigenvalue weighted by atomic mass is 9.66. The molecular weight excluding hydrogens is 498 g/mol. The van der Waals surface area contributed by atoms with Gasteiger partial charge in [-0.15, -0.1) is 24.9 Å². The van der Waals surface area contributed by atoms with Crippen molar-refractivity contribution in [1.29, 1.82) is 0 Å². The third-order valence-electron chi connectivity index (χ3n) is 8.60. The van der Waals surface area contributed by atoms with E-state index in [-0.39, 0.29) is 30.2 Å². The van der Waals surface area contributed by atoms with Crippen molar-refractivity contribution in [3.05, 3.63) is 25.3 Å². The summed E-state index contributed by atoms with van der Waals surface area (Å²) in [6.07, 6.45) is 6.34. The molecule has 0 saturated carbocycles. The smallest absolute Gasteiger partial charge is 0.247 e. The third kappa shape index (κ3) is 5.07. The maximum atomic E-state index is 14.6. The van der Waals surface area contributed by atoms with Gasteiger partial charge in [0.15, 0.2) is 0 Å². The van der Waals surface area contributed by atoms with E-state index in [0.29, 0.717) is 32.5 Å². The molecule has 3 heterocycles. The second-order valence-corrected chi connectivity index (χ2v) is 14.8. The van der Waals surface area contributed by atoms with Crippen LogP contribution in [0.2, 0.25) is 0 Å². The van der Waals surface area contributed by atoms with Gasteiger partial charge in [-0.1, -0.05) is 32.9 Å². The molecule has 1 N–H and O–H groups in total. The van der Waals surface area contributed by atoms with Gasteiger partial charge in [0.05, 0.1) is 29.2 Å². The number of aliphatic hydroxyl groups is 1. The summed E-state index contributed by atoms with van der Waals surface area (Å²) in [6, 6.07) is -1.22. The Balaban J connectivity index is 2.18. The molecule has 3 aliphatic rings. The van der Waals surface area contributed by atoms with E-state index in [1.54, 1.807) is 33.7 Å². The van der Waals surface area contributed by atoms with Crippen molar-refractivity contribution in [2.24, 2.45) is 17.8 Å². The van der Waals surface area contributed by atoms with Crippen molar-refractivity contribution < 1.29 is 19.5 Å². The van der Waals surface area contributed by atoms with Gasteiger partial charge in [-0.05, 0) is 59.3 Å². The maximum Gasteiger partial charge on any atom is 0.247 e. The van der Waals surface area contributed by atoms with Crippen molar-refractivity contribution in [3.8, 4) is 0 Å². The molecule has 3 aliphatic heterocycles. The highest BCUT2D eigenvalue weighted by Gasteiger charge is 2.78. The van der Waals surface area contributed by atoms with Crippen LogP contribution in [-0.4, -0.2) is 90.9 Å². The quantitative estimate of drug-likeness (QED) is 0.372. The van der Waals surface area contributed by atoms with E-state index in [2.05, 4.69) is 33.9 Å². The first-order chi connectivity index (χ1) is 17.7. The number of hydrogen-bond donors (Lipinski definition) is 1. The number of aliphatic hydroxyl groups excluding tert-OH is 1. The molecule has 3 saturated heterocycles. The van der Waals surface area contributed by atoms with Crippen LogP contribution in [-0.2, 0) is 14.4 Å². The maximum absolute atomic E-state index is 14.6. The number of carbonyl (C=O) groups excluding carboxylic acids is 3. The lowest BCUT2D eigenvalue weighted by Gasteiger charge is -2.44. The molecule has 1 spiro atoms. The molecule has 214 valence electrons. The van der Waals surface area contributed by atoms with E-state index in [0.717, 1.165) is 12.8 Å². The molecule has 3 rings (SSSR count). The minimum Gasteiger partial charge on any atom is -0.394 e. The molecule has 6 atom stereocenters. The lowest BCUT2D eigenvalue weighted by molar-refractivity contribution is -0.149. The van der Waals surface area contributed by atoms with E-state index in [9.17, 15) is 19.5 Å². The first kappa shape index (κ1) is 30.7. The van der Waals surface area contributed by atoms with Gasteiger partial charge in [-0.3, -0.25) is 14.4 Å². The summed E-state index contributed by atoms with van der Waals surface area (Å²) in [5, 5.41) is 10.5. The number of carbonyl (C=O) groups is 3. The van der Waals surface area contributed by atoms with Gasteiger partial charge in [0.2, 0.25) is 17.7 Å². The summed E-state index contributed by atoms with van der Waals surface area (Å²) in [5.41, 5.74) is -0.482. The summed E-state index contributed by atoms with van der Waals surface area (Å²) >= 11 is 1.69. The first-order valence-corrected chi connectivity index (χ1v) is 15.0. The molecule has 7 nitrogen and oxygen atoms in total. The van der Waals surface area contributed by atoms with E-state index in [1.165, 1.54) is 0 Å². The number of likely N-dealkylation sites (tertiary alicyclic amines) is 1. The van der Waals surface area contributed by atoms with Gasteiger partial charge in [0.25, 0.3) is 0 Å². The Morgan fingerprint density at radius 1 is 1.18 bits per heavy atom. The van der Waals surface area contributed by atoms with E-state index in [1.807, 2.05) is 32.6 Å². The Morgan fingerprint density at radius 2 is 1.82 bits per heavy atom. The normalized spacial score (nSPS) is 30.9.